The van der Waals surface area contributed by atoms with E-state index in [4.69, 9.17) is 0 Å². The Bertz CT molecular complexity index is 1380. The number of carbonyl (C=O) groups is 1. The Kier molecular flexibility index (Phi) is 6.21. The molecular formula is C27H23F3N4O. The lowest BCUT2D eigenvalue weighted by atomic mass is 10.0. The number of rotatable bonds is 5. The van der Waals surface area contributed by atoms with E-state index in [1.807, 2.05) is 18.2 Å². The number of anilines is 1. The molecule has 0 saturated carbocycles. The average Bonchev–Trinajstić information content (AvgIpc) is 3.36. The van der Waals surface area contributed by atoms with Crippen LogP contribution in [-0.2, 0) is 12.7 Å². The third-order valence-electron chi connectivity index (χ3n) is 6.08. The minimum atomic E-state index is -4.45. The highest BCUT2D eigenvalue weighted by Crippen LogP contribution is 2.32. The van der Waals surface area contributed by atoms with Crippen LogP contribution in [0.25, 0.3) is 22.2 Å². The van der Waals surface area contributed by atoms with Gasteiger partial charge in [0.2, 0.25) is 0 Å². The van der Waals surface area contributed by atoms with Crippen LogP contribution in [0, 0.1) is 0 Å². The molecule has 0 spiro atoms. The molecule has 3 heterocycles. The molecule has 0 radical (unpaired) electrons. The number of benzene rings is 2. The SMILES string of the molecule is O=C(Nc1cccc(CN2CCCC2)n1)c1cccc2ccc(-c3cccc(C(F)(F)F)c3)nc12. The van der Waals surface area contributed by atoms with Crippen molar-refractivity contribution < 1.29 is 18.0 Å². The first-order valence-corrected chi connectivity index (χ1v) is 11.4. The highest BCUT2D eigenvalue weighted by atomic mass is 19.4. The Morgan fingerprint density at radius 1 is 0.914 bits per heavy atom. The molecule has 4 aromatic rings. The second-order valence-corrected chi connectivity index (χ2v) is 8.60. The molecule has 1 fully saturated rings. The molecule has 0 atom stereocenters. The van der Waals surface area contributed by atoms with Crippen LogP contribution >= 0.6 is 0 Å². The number of amides is 1. The fraction of sp³-hybridized carbons (Fsp3) is 0.222. The molecule has 8 heteroatoms. The highest BCUT2D eigenvalue weighted by molar-refractivity contribution is 6.11. The van der Waals surface area contributed by atoms with Gasteiger partial charge in [-0.25, -0.2) is 9.97 Å². The lowest BCUT2D eigenvalue weighted by Crippen LogP contribution is -2.20. The minimum absolute atomic E-state index is 0.322. The number of nitrogens with zero attached hydrogens (tertiary/aromatic N) is 3. The number of carbonyl (C=O) groups excluding carboxylic acids is 1. The molecule has 1 aliphatic rings. The maximum Gasteiger partial charge on any atom is 0.416 e. The van der Waals surface area contributed by atoms with Crippen molar-refractivity contribution in [3.8, 4) is 11.3 Å². The fourth-order valence-corrected chi connectivity index (χ4v) is 4.34. The normalized spacial score (nSPS) is 14.4. The lowest BCUT2D eigenvalue weighted by molar-refractivity contribution is -0.137. The minimum Gasteiger partial charge on any atom is -0.306 e. The van der Waals surface area contributed by atoms with Gasteiger partial charge in [-0.15, -0.1) is 0 Å². The van der Waals surface area contributed by atoms with E-state index in [0.717, 1.165) is 37.5 Å². The molecule has 2 aromatic heterocycles. The number of para-hydroxylation sites is 1. The van der Waals surface area contributed by atoms with Crippen molar-refractivity contribution in [1.82, 2.24) is 14.9 Å². The first-order chi connectivity index (χ1) is 16.9. The van der Waals surface area contributed by atoms with E-state index in [1.54, 1.807) is 36.4 Å². The second kappa shape index (κ2) is 9.46. The van der Waals surface area contributed by atoms with Crippen LogP contribution in [0.15, 0.2) is 72.8 Å². The van der Waals surface area contributed by atoms with Crippen LogP contribution in [0.5, 0.6) is 0 Å². The summed E-state index contributed by atoms with van der Waals surface area (Å²) < 4.78 is 39.5. The monoisotopic (exact) mass is 476 g/mol. The van der Waals surface area contributed by atoms with E-state index in [-0.39, 0.29) is 5.91 Å². The summed E-state index contributed by atoms with van der Waals surface area (Å²) in [6, 6.07) is 19.2. The summed E-state index contributed by atoms with van der Waals surface area (Å²) in [5.74, 6) is 0.0628. The first-order valence-electron chi connectivity index (χ1n) is 11.4. The molecule has 5 nitrogen and oxygen atoms in total. The summed E-state index contributed by atoms with van der Waals surface area (Å²) in [7, 11) is 0. The molecule has 35 heavy (non-hydrogen) atoms. The van der Waals surface area contributed by atoms with Gasteiger partial charge in [-0.2, -0.15) is 13.2 Å². The van der Waals surface area contributed by atoms with Crippen molar-refractivity contribution in [2.45, 2.75) is 25.6 Å². The van der Waals surface area contributed by atoms with Crippen LogP contribution in [0.2, 0.25) is 0 Å². The van der Waals surface area contributed by atoms with E-state index in [0.29, 0.717) is 33.5 Å². The average molecular weight is 477 g/mol. The highest BCUT2D eigenvalue weighted by Gasteiger charge is 2.30. The van der Waals surface area contributed by atoms with Gasteiger partial charge in [0.05, 0.1) is 28.0 Å². The number of alkyl halides is 3. The lowest BCUT2D eigenvalue weighted by Gasteiger charge is -2.14. The predicted octanol–water partition coefficient (Wildman–Crippen LogP) is 6.16. The fourth-order valence-electron chi connectivity index (χ4n) is 4.34. The zero-order chi connectivity index (χ0) is 24.4. The Morgan fingerprint density at radius 3 is 2.49 bits per heavy atom. The number of aromatic nitrogens is 2. The zero-order valence-corrected chi connectivity index (χ0v) is 18.8. The summed E-state index contributed by atoms with van der Waals surface area (Å²) in [5.41, 5.74) is 1.55. The van der Waals surface area contributed by atoms with Crippen molar-refractivity contribution in [2.24, 2.45) is 0 Å². The Morgan fingerprint density at radius 2 is 1.69 bits per heavy atom. The molecule has 178 valence electrons. The standard InChI is InChI=1S/C27H23F3N4O/c28-27(29,30)20-8-3-7-19(16-20)23-13-12-18-6-4-10-22(25(18)32-23)26(35)33-24-11-5-9-21(31-24)17-34-14-1-2-15-34/h3-13,16H,1-2,14-15,17H2,(H,31,33,35). The van der Waals surface area contributed by atoms with Gasteiger partial charge in [-0.1, -0.05) is 36.4 Å². The van der Waals surface area contributed by atoms with Gasteiger partial charge in [-0.3, -0.25) is 9.69 Å². The smallest absolute Gasteiger partial charge is 0.306 e. The second-order valence-electron chi connectivity index (χ2n) is 8.60. The van der Waals surface area contributed by atoms with E-state index >= 15 is 0 Å². The predicted molar refractivity (Wildman–Crippen MR) is 129 cm³/mol. The van der Waals surface area contributed by atoms with Crippen molar-refractivity contribution in [2.75, 3.05) is 18.4 Å². The number of pyridine rings is 2. The van der Waals surface area contributed by atoms with Gasteiger partial charge in [-0.05, 0) is 62.3 Å². The third kappa shape index (κ3) is 5.17. The molecule has 1 saturated heterocycles. The summed E-state index contributed by atoms with van der Waals surface area (Å²) in [6.45, 7) is 2.84. The van der Waals surface area contributed by atoms with Crippen LogP contribution < -0.4 is 5.32 Å². The molecule has 0 unspecified atom stereocenters. The first kappa shape index (κ1) is 23.0. The Labute approximate surface area is 200 Å². The van der Waals surface area contributed by atoms with Gasteiger partial charge >= 0.3 is 6.18 Å². The number of halogens is 3. The molecule has 0 aliphatic carbocycles. The van der Waals surface area contributed by atoms with Gasteiger partial charge in [0.1, 0.15) is 5.82 Å². The number of hydrogen-bond donors (Lipinski definition) is 1. The summed E-state index contributed by atoms with van der Waals surface area (Å²) in [4.78, 5) is 24.6. The number of hydrogen-bond acceptors (Lipinski definition) is 4. The van der Waals surface area contributed by atoms with Crippen LogP contribution in [0.4, 0.5) is 19.0 Å². The van der Waals surface area contributed by atoms with Crippen LogP contribution in [0.1, 0.15) is 34.5 Å². The maximum atomic E-state index is 13.2. The van der Waals surface area contributed by atoms with Crippen molar-refractivity contribution >= 4 is 22.6 Å². The summed E-state index contributed by atoms with van der Waals surface area (Å²) in [5, 5.41) is 3.56. The molecule has 1 amide bonds. The molecular weight excluding hydrogens is 453 g/mol. The molecule has 0 bridgehead atoms. The van der Waals surface area contributed by atoms with E-state index in [1.165, 1.54) is 18.9 Å². The largest absolute Gasteiger partial charge is 0.416 e. The van der Waals surface area contributed by atoms with Crippen molar-refractivity contribution in [1.29, 1.82) is 0 Å². The number of nitrogens with one attached hydrogen (secondary N) is 1. The topological polar surface area (TPSA) is 58.1 Å². The maximum absolute atomic E-state index is 13.2. The number of fused-ring (bicyclic) bond motifs is 1. The molecule has 1 N–H and O–H groups in total. The Hall–Kier alpha value is -3.78. The summed E-state index contributed by atoms with van der Waals surface area (Å²) >= 11 is 0. The summed E-state index contributed by atoms with van der Waals surface area (Å²) in [6.07, 6.45) is -2.08. The van der Waals surface area contributed by atoms with E-state index < -0.39 is 11.7 Å². The van der Waals surface area contributed by atoms with E-state index in [9.17, 15) is 18.0 Å². The van der Waals surface area contributed by atoms with Crippen molar-refractivity contribution in [3.63, 3.8) is 0 Å². The van der Waals surface area contributed by atoms with Crippen molar-refractivity contribution in [3.05, 3.63) is 89.6 Å². The molecule has 2 aromatic carbocycles. The van der Waals surface area contributed by atoms with Gasteiger partial charge in [0.25, 0.3) is 5.91 Å². The van der Waals surface area contributed by atoms with Gasteiger partial charge in [0.15, 0.2) is 0 Å². The van der Waals surface area contributed by atoms with Crippen LogP contribution in [-0.4, -0.2) is 33.9 Å². The Balaban J connectivity index is 1.43. The van der Waals surface area contributed by atoms with Crippen LogP contribution in [0.3, 0.4) is 0 Å². The molecule has 5 rings (SSSR count). The molecule has 1 aliphatic heterocycles. The van der Waals surface area contributed by atoms with E-state index in [2.05, 4.69) is 20.2 Å². The quantitative estimate of drug-likeness (QED) is 0.375. The number of likely N-dealkylation sites (tertiary alicyclic amines) is 1. The third-order valence-corrected chi connectivity index (χ3v) is 6.08. The zero-order valence-electron chi connectivity index (χ0n) is 18.8. The van der Waals surface area contributed by atoms with Gasteiger partial charge in [0, 0.05) is 17.5 Å². The van der Waals surface area contributed by atoms with Gasteiger partial charge < -0.3 is 5.32 Å².